The summed E-state index contributed by atoms with van der Waals surface area (Å²) < 4.78 is 10.7. The third-order valence-electron chi connectivity index (χ3n) is 1.81. The Balaban J connectivity index is 0.00000256. The van der Waals surface area contributed by atoms with Crippen molar-refractivity contribution in [3.63, 3.8) is 0 Å². The molecule has 0 saturated carbocycles. The first-order valence-corrected chi connectivity index (χ1v) is 5.47. The van der Waals surface area contributed by atoms with Crippen LogP contribution in [0.15, 0.2) is 24.3 Å². The Morgan fingerprint density at radius 1 is 1.06 bits per heavy atom. The molecule has 0 aliphatic carbocycles. The molecular weight excluding hydrogens is 270 g/mol. The summed E-state index contributed by atoms with van der Waals surface area (Å²) in [6, 6.07) is 7.12. The van der Waals surface area contributed by atoms with Gasteiger partial charge in [0, 0.05) is 0 Å². The molecule has 0 unspecified atom stereocenters. The van der Waals surface area contributed by atoms with Crippen LogP contribution in [0.2, 0.25) is 0 Å². The number of benzene rings is 1. The Morgan fingerprint density at radius 3 is 2.18 bits per heavy atom. The van der Waals surface area contributed by atoms with Crippen molar-refractivity contribution in [2.24, 2.45) is 0 Å². The van der Waals surface area contributed by atoms with E-state index in [9.17, 15) is 4.79 Å². The molecule has 4 heteroatoms. The number of carbonyl (C=O) groups is 1. The molecule has 0 atom stereocenters. The largest absolute Gasteiger partial charge is 2.00 e. The van der Waals surface area contributed by atoms with E-state index in [0.717, 1.165) is 0 Å². The van der Waals surface area contributed by atoms with E-state index in [1.165, 1.54) is 0 Å². The van der Waals surface area contributed by atoms with Crippen molar-refractivity contribution in [3.05, 3.63) is 29.8 Å². The molecule has 0 amide bonds. The molecule has 3 nitrogen and oxygen atoms in total. The zero-order valence-electron chi connectivity index (χ0n) is 10.9. The van der Waals surface area contributed by atoms with Crippen molar-refractivity contribution < 1.29 is 33.7 Å². The van der Waals surface area contributed by atoms with Crippen LogP contribution in [0.3, 0.4) is 0 Å². The van der Waals surface area contributed by atoms with Crippen LogP contribution >= 0.6 is 0 Å². The first-order valence-electron chi connectivity index (χ1n) is 5.47. The molecule has 1 aromatic carbocycles. The van der Waals surface area contributed by atoms with Crippen LogP contribution in [-0.2, 0) is 24.2 Å². The van der Waals surface area contributed by atoms with E-state index in [1.54, 1.807) is 18.2 Å². The van der Waals surface area contributed by atoms with Gasteiger partial charge in [0.05, 0.1) is 12.2 Å². The van der Waals surface area contributed by atoms with Gasteiger partial charge in [0.15, 0.2) is 0 Å². The molecule has 0 fully saturated rings. The molecule has 88 valence electrons. The van der Waals surface area contributed by atoms with Crippen molar-refractivity contribution >= 4 is 5.97 Å². The second-order valence-electron chi connectivity index (χ2n) is 4.12. The normalized spacial score (nSPS) is 10.0. The van der Waals surface area contributed by atoms with Crippen LogP contribution in [0.5, 0.6) is 5.75 Å². The van der Waals surface area contributed by atoms with Gasteiger partial charge in [-0.2, -0.15) is 0 Å². The number of ether oxygens (including phenoxy) is 2. The summed E-state index contributed by atoms with van der Waals surface area (Å²) in [6.45, 7) is 7.49. The second kappa shape index (κ2) is 7.44. The van der Waals surface area contributed by atoms with Crippen LogP contribution in [0, 0.1) is 0 Å². The van der Waals surface area contributed by atoms with Gasteiger partial charge in [0.2, 0.25) is 0 Å². The molecule has 0 bridgehead atoms. The fourth-order valence-electron chi connectivity index (χ4n) is 1.27. The third kappa shape index (κ3) is 5.31. The zero-order chi connectivity index (χ0) is 12.1. The molecule has 0 aliphatic rings. The van der Waals surface area contributed by atoms with Crippen molar-refractivity contribution in [1.82, 2.24) is 0 Å². The summed E-state index contributed by atoms with van der Waals surface area (Å²) in [5.41, 5.74) is 0.477. The maximum atomic E-state index is 11.8. The molecule has 1 aromatic rings. The van der Waals surface area contributed by atoms with Gasteiger partial charge in [-0.05, 0) is 39.8 Å². The summed E-state index contributed by atoms with van der Waals surface area (Å²) >= 11 is 0. The van der Waals surface area contributed by atoms with Gasteiger partial charge in [-0.15, -0.1) is 0 Å². The van der Waals surface area contributed by atoms with Gasteiger partial charge in [-0.3, -0.25) is 0 Å². The molecule has 0 radical (unpaired) electrons. The maximum absolute atomic E-state index is 11.8. The Labute approximate surface area is 115 Å². The van der Waals surface area contributed by atoms with Crippen molar-refractivity contribution in [3.8, 4) is 5.75 Å². The van der Waals surface area contributed by atoms with Crippen molar-refractivity contribution in [1.29, 1.82) is 0 Å². The molecular formula is C13H18O3Zn+2. The van der Waals surface area contributed by atoms with Gasteiger partial charge < -0.3 is 9.47 Å². The fourth-order valence-corrected chi connectivity index (χ4v) is 1.27. The average Bonchev–Trinajstić information content (AvgIpc) is 2.16. The minimum atomic E-state index is -0.341. The molecule has 0 spiro atoms. The standard InChI is InChI=1S/C13H18O3.Zn/c1-9(2)15-12-8-6-5-7-11(12)13(14)16-10(3)4;/h5-10H,1-4H3;/q;+2. The second-order valence-corrected chi connectivity index (χ2v) is 4.12. The number of carbonyl (C=O) groups excluding carboxylic acids is 1. The average molecular weight is 288 g/mol. The fraction of sp³-hybridized carbons (Fsp3) is 0.462. The number of rotatable bonds is 4. The van der Waals surface area contributed by atoms with Gasteiger partial charge >= 0.3 is 25.4 Å². The minimum Gasteiger partial charge on any atom is -0.490 e. The third-order valence-corrected chi connectivity index (χ3v) is 1.81. The van der Waals surface area contributed by atoms with E-state index in [4.69, 9.17) is 9.47 Å². The van der Waals surface area contributed by atoms with Crippen molar-refractivity contribution in [2.75, 3.05) is 0 Å². The van der Waals surface area contributed by atoms with Gasteiger partial charge in [-0.1, -0.05) is 12.1 Å². The summed E-state index contributed by atoms with van der Waals surface area (Å²) in [5.74, 6) is 0.231. The SMILES string of the molecule is CC(C)OC(=O)c1ccccc1OC(C)C.[Zn+2]. The molecule has 0 heterocycles. The summed E-state index contributed by atoms with van der Waals surface area (Å²) in [6.07, 6.45) is -0.0902. The Hall–Kier alpha value is -0.887. The Bertz CT molecular complexity index is 361. The molecule has 0 aliphatic heterocycles. The molecule has 0 saturated heterocycles. The van der Waals surface area contributed by atoms with E-state index >= 15 is 0 Å². The zero-order valence-corrected chi connectivity index (χ0v) is 13.9. The van der Waals surface area contributed by atoms with Crippen LogP contribution in [-0.4, -0.2) is 18.2 Å². The topological polar surface area (TPSA) is 35.5 Å². The van der Waals surface area contributed by atoms with Crippen LogP contribution in [0.4, 0.5) is 0 Å². The van der Waals surface area contributed by atoms with E-state index in [1.807, 2.05) is 33.8 Å². The van der Waals surface area contributed by atoms with Crippen molar-refractivity contribution in [2.45, 2.75) is 39.9 Å². The number of hydrogen-bond donors (Lipinski definition) is 0. The molecule has 0 aromatic heterocycles. The van der Waals surface area contributed by atoms with Crippen LogP contribution in [0.1, 0.15) is 38.1 Å². The van der Waals surface area contributed by atoms with Gasteiger partial charge in [0.1, 0.15) is 11.3 Å². The van der Waals surface area contributed by atoms with Gasteiger partial charge in [-0.25, -0.2) is 4.79 Å². The number of hydrogen-bond acceptors (Lipinski definition) is 3. The number of esters is 1. The predicted molar refractivity (Wildman–Crippen MR) is 62.8 cm³/mol. The van der Waals surface area contributed by atoms with E-state index in [2.05, 4.69) is 0 Å². The number of para-hydroxylation sites is 1. The maximum Gasteiger partial charge on any atom is 2.00 e. The first kappa shape index (κ1) is 16.1. The minimum absolute atomic E-state index is 0. The van der Waals surface area contributed by atoms with Gasteiger partial charge in [0.25, 0.3) is 0 Å². The van der Waals surface area contributed by atoms with E-state index in [-0.39, 0.29) is 37.7 Å². The summed E-state index contributed by atoms with van der Waals surface area (Å²) in [5, 5.41) is 0. The van der Waals surface area contributed by atoms with Crippen LogP contribution < -0.4 is 4.74 Å². The molecule has 17 heavy (non-hydrogen) atoms. The smallest absolute Gasteiger partial charge is 0.490 e. The van der Waals surface area contributed by atoms with E-state index in [0.29, 0.717) is 11.3 Å². The Kier molecular flexibility index (Phi) is 7.05. The van der Waals surface area contributed by atoms with Crippen LogP contribution in [0.25, 0.3) is 0 Å². The first-order chi connectivity index (χ1) is 7.50. The molecule has 1 rings (SSSR count). The summed E-state index contributed by atoms with van der Waals surface area (Å²) in [4.78, 5) is 11.8. The molecule has 0 N–H and O–H groups in total. The quantitative estimate of drug-likeness (QED) is 0.631. The van der Waals surface area contributed by atoms with E-state index < -0.39 is 0 Å². The predicted octanol–water partition coefficient (Wildman–Crippen LogP) is 3.04. The Morgan fingerprint density at radius 2 is 1.65 bits per heavy atom. The summed E-state index contributed by atoms with van der Waals surface area (Å²) in [7, 11) is 0. The monoisotopic (exact) mass is 286 g/mol.